The van der Waals surface area contributed by atoms with E-state index >= 15 is 0 Å². The second-order valence-corrected chi connectivity index (χ2v) is 10.2. The molecule has 0 bridgehead atoms. The maximum atomic E-state index is 12.0. The van der Waals surface area contributed by atoms with E-state index in [2.05, 4.69) is 40.5 Å². The minimum atomic E-state index is -0.0122. The fourth-order valence-corrected chi connectivity index (χ4v) is 6.02. The molecule has 2 fully saturated rings. The van der Waals surface area contributed by atoms with Crippen molar-refractivity contribution in [2.24, 2.45) is 12.5 Å². The number of likely N-dealkylation sites (tertiary alicyclic amines) is 1. The van der Waals surface area contributed by atoms with Crippen LogP contribution < -0.4 is 4.90 Å². The van der Waals surface area contributed by atoms with E-state index in [0.717, 1.165) is 77.1 Å². The van der Waals surface area contributed by atoms with E-state index in [9.17, 15) is 4.79 Å². The van der Waals surface area contributed by atoms with E-state index in [1.165, 1.54) is 6.08 Å². The number of nitrogens with zero attached hydrogens (tertiary/aromatic N) is 6. The fourth-order valence-electron chi connectivity index (χ4n) is 6.02. The summed E-state index contributed by atoms with van der Waals surface area (Å²) in [5.41, 5.74) is 7.23. The third kappa shape index (κ3) is 3.60. The highest BCUT2D eigenvalue weighted by Gasteiger charge is 2.49. The molecular weight excluding hydrogens is 460 g/mol. The number of benzene rings is 2. The van der Waals surface area contributed by atoms with Crippen molar-refractivity contribution in [1.29, 1.82) is 0 Å². The predicted molar refractivity (Wildman–Crippen MR) is 146 cm³/mol. The van der Waals surface area contributed by atoms with Crippen LogP contribution in [0.25, 0.3) is 38.1 Å². The van der Waals surface area contributed by atoms with Gasteiger partial charge in [-0.15, -0.1) is 0 Å². The molecule has 1 amide bonds. The van der Waals surface area contributed by atoms with Crippen molar-refractivity contribution in [2.75, 3.05) is 31.1 Å². The van der Waals surface area contributed by atoms with E-state index in [1.807, 2.05) is 59.4 Å². The molecule has 184 valence electrons. The van der Waals surface area contributed by atoms with Crippen LogP contribution in [0.4, 0.5) is 11.4 Å². The van der Waals surface area contributed by atoms with Crippen molar-refractivity contribution >= 4 is 28.2 Å². The average Bonchev–Trinajstić information content (AvgIpc) is 3.52. The first kappa shape index (κ1) is 23.0. The SMILES string of the molecule is [C-]#[N+]c1c(N2CCC3(CN(C(=O)C=C)C3)C2)cnc(-c2ccccc2)c1-c1c(C)ccc2cnn(C)c12. The Morgan fingerprint density at radius 2 is 1.89 bits per heavy atom. The maximum Gasteiger partial charge on any atom is 0.245 e. The highest BCUT2D eigenvalue weighted by Crippen LogP contribution is 2.49. The second-order valence-electron chi connectivity index (χ2n) is 10.2. The van der Waals surface area contributed by atoms with Crippen LogP contribution in [0.15, 0.2) is 67.5 Å². The zero-order valence-corrected chi connectivity index (χ0v) is 21.1. The quantitative estimate of drug-likeness (QED) is 0.286. The van der Waals surface area contributed by atoms with Crippen molar-refractivity contribution in [3.05, 3.63) is 84.5 Å². The Kier molecular flexibility index (Phi) is 5.34. The molecule has 2 aliphatic heterocycles. The van der Waals surface area contributed by atoms with Gasteiger partial charge in [-0.2, -0.15) is 5.10 Å². The highest BCUT2D eigenvalue weighted by atomic mass is 16.2. The van der Waals surface area contributed by atoms with Gasteiger partial charge in [0.1, 0.15) is 0 Å². The van der Waals surface area contributed by atoms with Gasteiger partial charge >= 0.3 is 0 Å². The molecule has 4 heterocycles. The lowest BCUT2D eigenvalue weighted by Crippen LogP contribution is -2.59. The summed E-state index contributed by atoms with van der Waals surface area (Å²) in [6, 6.07) is 14.3. The molecule has 2 saturated heterocycles. The molecule has 0 aliphatic carbocycles. The number of fused-ring (bicyclic) bond motifs is 1. The Hall–Kier alpha value is -4.44. The standard InChI is InChI=1S/C30H28N6O/c1-5-24(37)36-18-30(19-36)13-14-35(17-30)23-16-32-27(21-9-7-6-8-10-21)26(28(23)31-3)25-20(2)11-12-22-15-33-34(4)29(22)25/h5-12,15-16H,1,13-14,17-19H2,2,4H3. The number of aryl methyl sites for hydroxylation is 2. The van der Waals surface area contributed by atoms with Gasteiger partial charge in [-0.05, 0) is 30.5 Å². The predicted octanol–water partition coefficient (Wildman–Crippen LogP) is 5.39. The number of carbonyl (C=O) groups excluding carboxylic acids is 1. The fraction of sp³-hybridized carbons (Fsp3) is 0.267. The van der Waals surface area contributed by atoms with Crippen LogP contribution in [0.3, 0.4) is 0 Å². The Balaban J connectivity index is 1.52. The third-order valence-electron chi connectivity index (χ3n) is 7.87. The number of anilines is 1. The van der Waals surface area contributed by atoms with E-state index < -0.39 is 0 Å². The largest absolute Gasteiger partial charge is 0.378 e. The molecule has 2 aromatic heterocycles. The molecule has 0 atom stereocenters. The Labute approximate surface area is 216 Å². The minimum Gasteiger partial charge on any atom is -0.378 e. The van der Waals surface area contributed by atoms with Gasteiger partial charge in [0.15, 0.2) is 0 Å². The van der Waals surface area contributed by atoms with Crippen molar-refractivity contribution < 1.29 is 4.79 Å². The average molecular weight is 489 g/mol. The summed E-state index contributed by atoms with van der Waals surface area (Å²) < 4.78 is 1.89. The van der Waals surface area contributed by atoms with Crippen molar-refractivity contribution in [3.8, 4) is 22.4 Å². The first-order valence-corrected chi connectivity index (χ1v) is 12.5. The smallest absolute Gasteiger partial charge is 0.245 e. The molecule has 7 heteroatoms. The Morgan fingerprint density at radius 1 is 1.11 bits per heavy atom. The molecule has 0 unspecified atom stereocenters. The lowest BCUT2D eigenvalue weighted by atomic mass is 9.79. The molecule has 0 N–H and O–H groups in total. The maximum absolute atomic E-state index is 12.0. The van der Waals surface area contributed by atoms with E-state index in [4.69, 9.17) is 11.6 Å². The number of pyridine rings is 1. The summed E-state index contributed by atoms with van der Waals surface area (Å²) in [6.45, 7) is 17.2. The molecule has 1 spiro atoms. The lowest BCUT2D eigenvalue weighted by Gasteiger charge is -2.47. The van der Waals surface area contributed by atoms with Crippen molar-refractivity contribution in [3.63, 3.8) is 0 Å². The summed E-state index contributed by atoms with van der Waals surface area (Å²) in [5.74, 6) is -0.0122. The monoisotopic (exact) mass is 488 g/mol. The summed E-state index contributed by atoms with van der Waals surface area (Å²) in [7, 11) is 1.94. The van der Waals surface area contributed by atoms with Crippen LogP contribution >= 0.6 is 0 Å². The molecule has 0 saturated carbocycles. The molecule has 37 heavy (non-hydrogen) atoms. The molecule has 2 aliphatic rings. The first-order chi connectivity index (χ1) is 17.9. The van der Waals surface area contributed by atoms with Gasteiger partial charge in [-0.1, -0.05) is 49.0 Å². The number of carbonyl (C=O) groups is 1. The number of hydrogen-bond donors (Lipinski definition) is 0. The number of amides is 1. The zero-order chi connectivity index (χ0) is 25.7. The molecule has 6 rings (SSSR count). The van der Waals surface area contributed by atoms with E-state index in [0.29, 0.717) is 5.69 Å². The van der Waals surface area contributed by atoms with Gasteiger partial charge in [-0.25, -0.2) is 4.85 Å². The summed E-state index contributed by atoms with van der Waals surface area (Å²) in [6.07, 6.45) is 6.10. The van der Waals surface area contributed by atoms with Crippen LogP contribution in [-0.2, 0) is 11.8 Å². The number of aromatic nitrogens is 3. The van der Waals surface area contributed by atoms with Gasteiger partial charge < -0.3 is 9.80 Å². The molecule has 4 aromatic rings. The van der Waals surface area contributed by atoms with Crippen LogP contribution in [0, 0.1) is 18.9 Å². The van der Waals surface area contributed by atoms with Crippen molar-refractivity contribution in [1.82, 2.24) is 19.7 Å². The normalized spacial score (nSPS) is 16.1. The van der Waals surface area contributed by atoms with Gasteiger partial charge in [-0.3, -0.25) is 14.5 Å². The van der Waals surface area contributed by atoms with Gasteiger partial charge in [0, 0.05) is 61.4 Å². The summed E-state index contributed by atoms with van der Waals surface area (Å²) in [5, 5.41) is 5.55. The Morgan fingerprint density at radius 3 is 2.62 bits per heavy atom. The lowest BCUT2D eigenvalue weighted by molar-refractivity contribution is -0.136. The van der Waals surface area contributed by atoms with Crippen molar-refractivity contribution in [2.45, 2.75) is 13.3 Å². The molecule has 7 nitrogen and oxygen atoms in total. The van der Waals surface area contributed by atoms with Gasteiger partial charge in [0.25, 0.3) is 0 Å². The molecular formula is C30H28N6O. The topological polar surface area (TPSA) is 58.6 Å². The first-order valence-electron chi connectivity index (χ1n) is 12.5. The van der Waals surface area contributed by atoms with Crippen LogP contribution in [-0.4, -0.2) is 51.8 Å². The third-order valence-corrected chi connectivity index (χ3v) is 7.87. The van der Waals surface area contributed by atoms with Crippen LogP contribution in [0.2, 0.25) is 0 Å². The second kappa shape index (κ2) is 8.59. The zero-order valence-electron chi connectivity index (χ0n) is 21.1. The van der Waals surface area contributed by atoms with Crippen LogP contribution in [0.1, 0.15) is 12.0 Å². The van der Waals surface area contributed by atoms with E-state index in [1.54, 1.807) is 0 Å². The highest BCUT2D eigenvalue weighted by molar-refractivity contribution is 6.06. The summed E-state index contributed by atoms with van der Waals surface area (Å²) >= 11 is 0. The van der Waals surface area contributed by atoms with Gasteiger partial charge in [0.05, 0.1) is 29.7 Å². The summed E-state index contributed by atoms with van der Waals surface area (Å²) in [4.78, 5) is 25.3. The van der Waals surface area contributed by atoms with E-state index in [-0.39, 0.29) is 11.3 Å². The molecule has 0 radical (unpaired) electrons. The molecule has 2 aromatic carbocycles. The van der Waals surface area contributed by atoms with Crippen LogP contribution in [0.5, 0.6) is 0 Å². The Bertz CT molecular complexity index is 1590. The van der Waals surface area contributed by atoms with Gasteiger partial charge in [0.2, 0.25) is 11.6 Å². The number of rotatable bonds is 4. The minimum absolute atomic E-state index is 0.0122. The number of hydrogen-bond acceptors (Lipinski definition) is 4.